The lowest BCUT2D eigenvalue weighted by Crippen LogP contribution is -2.48. The highest BCUT2D eigenvalue weighted by Gasteiger charge is 2.41. The van der Waals surface area contributed by atoms with Crippen LogP contribution in [-0.4, -0.2) is 44.6 Å². The van der Waals surface area contributed by atoms with Gasteiger partial charge in [0.25, 0.3) is 0 Å². The molecule has 22 heavy (non-hydrogen) atoms. The van der Waals surface area contributed by atoms with Gasteiger partial charge in [-0.1, -0.05) is 20.8 Å². The quantitative estimate of drug-likeness (QED) is 0.796. The molecule has 1 saturated carbocycles. The average molecular weight is 331 g/mol. The molecule has 1 saturated heterocycles. The lowest BCUT2D eigenvalue weighted by molar-refractivity contribution is -0.204. The van der Waals surface area contributed by atoms with E-state index in [2.05, 4.69) is 33.9 Å². The summed E-state index contributed by atoms with van der Waals surface area (Å²) in [6, 6.07) is 0. The van der Waals surface area contributed by atoms with Crippen molar-refractivity contribution in [3.63, 3.8) is 0 Å². The Balaban J connectivity index is 1.90. The lowest BCUT2D eigenvalue weighted by atomic mass is 9.92. The molecule has 2 fully saturated rings. The Morgan fingerprint density at radius 2 is 1.73 bits per heavy atom. The van der Waals surface area contributed by atoms with Crippen LogP contribution in [-0.2, 0) is 13.9 Å². The highest BCUT2D eigenvalue weighted by molar-refractivity contribution is 6.74. The minimum atomic E-state index is -1.80. The average Bonchev–Trinajstić information content (AvgIpc) is 2.37. The van der Waals surface area contributed by atoms with Crippen molar-refractivity contribution < 1.29 is 19.0 Å². The first kappa shape index (κ1) is 18.4. The molecule has 1 heterocycles. The SMILES string of the molecule is CC(C)(C)[Si](C)(C)O[C@H]1C[C@@H](O)C[C@@H](OC2CCCCO2)C1. The molecule has 4 nitrogen and oxygen atoms in total. The van der Waals surface area contributed by atoms with Crippen molar-refractivity contribution >= 4 is 8.32 Å². The molecule has 1 aliphatic heterocycles. The summed E-state index contributed by atoms with van der Waals surface area (Å²) in [5, 5.41) is 10.4. The molecular formula is C17H34O4Si. The molecule has 0 aromatic heterocycles. The summed E-state index contributed by atoms with van der Waals surface area (Å²) >= 11 is 0. The summed E-state index contributed by atoms with van der Waals surface area (Å²) in [6.45, 7) is 12.1. The summed E-state index contributed by atoms with van der Waals surface area (Å²) in [5.74, 6) is 0. The Morgan fingerprint density at radius 3 is 2.32 bits per heavy atom. The van der Waals surface area contributed by atoms with Gasteiger partial charge >= 0.3 is 0 Å². The zero-order chi connectivity index (χ0) is 16.4. The molecule has 1 aliphatic carbocycles. The van der Waals surface area contributed by atoms with E-state index in [1.54, 1.807) is 0 Å². The van der Waals surface area contributed by atoms with Gasteiger partial charge < -0.3 is 19.0 Å². The number of hydrogen-bond acceptors (Lipinski definition) is 4. The van der Waals surface area contributed by atoms with Gasteiger partial charge in [-0.3, -0.25) is 0 Å². The van der Waals surface area contributed by atoms with Crippen LogP contribution in [0.25, 0.3) is 0 Å². The first-order valence-corrected chi connectivity index (χ1v) is 11.7. The second-order valence-corrected chi connectivity index (χ2v) is 13.2. The van der Waals surface area contributed by atoms with Crippen molar-refractivity contribution in [3.05, 3.63) is 0 Å². The maximum Gasteiger partial charge on any atom is 0.192 e. The summed E-state index contributed by atoms with van der Waals surface area (Å²) in [6.07, 6.45) is 5.35. The molecule has 5 heteroatoms. The molecule has 0 radical (unpaired) electrons. The van der Waals surface area contributed by atoms with Crippen LogP contribution >= 0.6 is 0 Å². The van der Waals surface area contributed by atoms with Gasteiger partial charge in [-0.15, -0.1) is 0 Å². The zero-order valence-electron chi connectivity index (χ0n) is 14.9. The van der Waals surface area contributed by atoms with Crippen molar-refractivity contribution in [1.82, 2.24) is 0 Å². The van der Waals surface area contributed by atoms with E-state index in [1.165, 1.54) is 6.42 Å². The lowest BCUT2D eigenvalue weighted by Gasteiger charge is -2.43. The summed E-state index contributed by atoms with van der Waals surface area (Å²) in [7, 11) is -1.80. The summed E-state index contributed by atoms with van der Waals surface area (Å²) < 4.78 is 18.2. The second-order valence-electron chi connectivity index (χ2n) is 8.42. The molecule has 1 N–H and O–H groups in total. The van der Waals surface area contributed by atoms with E-state index < -0.39 is 8.32 Å². The third-order valence-electron chi connectivity index (χ3n) is 5.35. The predicted molar refractivity (Wildman–Crippen MR) is 90.4 cm³/mol. The molecule has 2 rings (SSSR count). The zero-order valence-corrected chi connectivity index (χ0v) is 15.9. The number of ether oxygens (including phenoxy) is 2. The monoisotopic (exact) mass is 330 g/mol. The van der Waals surface area contributed by atoms with Gasteiger partial charge in [-0.05, 0) is 56.7 Å². The predicted octanol–water partition coefficient (Wildman–Crippen LogP) is 3.83. The maximum absolute atomic E-state index is 10.2. The van der Waals surface area contributed by atoms with Gasteiger partial charge in [-0.2, -0.15) is 0 Å². The standard InChI is InChI=1S/C17H34O4Si/c1-17(2,3)22(4,5)21-15-11-13(18)10-14(12-15)20-16-8-6-7-9-19-16/h13-16,18H,6-12H2,1-5H3/t13-,14+,15-,16?/m0/s1. The van der Waals surface area contributed by atoms with Crippen LogP contribution in [0.15, 0.2) is 0 Å². The van der Waals surface area contributed by atoms with E-state index in [0.29, 0.717) is 6.42 Å². The molecule has 1 unspecified atom stereocenters. The normalized spacial score (nSPS) is 34.6. The molecule has 0 amide bonds. The first-order valence-electron chi connectivity index (χ1n) is 8.80. The van der Waals surface area contributed by atoms with E-state index in [1.807, 2.05) is 0 Å². The van der Waals surface area contributed by atoms with Crippen molar-refractivity contribution in [2.75, 3.05) is 6.61 Å². The third-order valence-corrected chi connectivity index (χ3v) is 9.88. The van der Waals surface area contributed by atoms with Crippen LogP contribution in [0, 0.1) is 0 Å². The van der Waals surface area contributed by atoms with Gasteiger partial charge in [0.15, 0.2) is 14.6 Å². The molecular weight excluding hydrogens is 296 g/mol. The fraction of sp³-hybridized carbons (Fsp3) is 1.00. The van der Waals surface area contributed by atoms with Crippen molar-refractivity contribution in [2.24, 2.45) is 0 Å². The number of aliphatic hydroxyl groups excluding tert-OH is 1. The fourth-order valence-corrected chi connectivity index (χ4v) is 4.40. The summed E-state index contributed by atoms with van der Waals surface area (Å²) in [5.41, 5.74) is 0. The van der Waals surface area contributed by atoms with Gasteiger partial charge in [0.05, 0.1) is 12.2 Å². The highest BCUT2D eigenvalue weighted by Crippen LogP contribution is 2.39. The van der Waals surface area contributed by atoms with Crippen LogP contribution in [0.5, 0.6) is 0 Å². The van der Waals surface area contributed by atoms with Crippen molar-refractivity contribution in [1.29, 1.82) is 0 Å². The van der Waals surface area contributed by atoms with Crippen LogP contribution in [0.1, 0.15) is 59.3 Å². The maximum atomic E-state index is 10.2. The van der Waals surface area contributed by atoms with E-state index in [9.17, 15) is 5.11 Å². The minimum absolute atomic E-state index is 0.0571. The summed E-state index contributed by atoms with van der Waals surface area (Å²) in [4.78, 5) is 0. The Hall–Kier alpha value is 0.0569. The molecule has 4 atom stereocenters. The van der Waals surface area contributed by atoms with Gasteiger partial charge in [0, 0.05) is 12.7 Å². The molecule has 0 aromatic rings. The Bertz CT molecular complexity index is 347. The van der Waals surface area contributed by atoms with E-state index >= 15 is 0 Å². The Labute approximate surface area is 136 Å². The largest absolute Gasteiger partial charge is 0.414 e. The first-order chi connectivity index (χ1) is 10.2. The Morgan fingerprint density at radius 1 is 1.05 bits per heavy atom. The topological polar surface area (TPSA) is 47.9 Å². The van der Waals surface area contributed by atoms with Gasteiger partial charge in [0.2, 0.25) is 0 Å². The fourth-order valence-electron chi connectivity index (χ4n) is 3.02. The smallest absolute Gasteiger partial charge is 0.192 e. The van der Waals surface area contributed by atoms with Gasteiger partial charge in [-0.25, -0.2) is 0 Å². The third kappa shape index (κ3) is 5.03. The van der Waals surface area contributed by atoms with E-state index in [4.69, 9.17) is 13.9 Å². The van der Waals surface area contributed by atoms with Crippen LogP contribution < -0.4 is 0 Å². The van der Waals surface area contributed by atoms with E-state index in [0.717, 1.165) is 32.3 Å². The molecule has 130 valence electrons. The Kier molecular flexibility index (Phi) is 6.11. The minimum Gasteiger partial charge on any atom is -0.414 e. The molecule has 0 spiro atoms. The number of hydrogen-bond donors (Lipinski definition) is 1. The van der Waals surface area contributed by atoms with E-state index in [-0.39, 0.29) is 29.6 Å². The van der Waals surface area contributed by atoms with Gasteiger partial charge in [0.1, 0.15) is 0 Å². The van der Waals surface area contributed by atoms with Crippen molar-refractivity contribution in [2.45, 2.75) is 102 Å². The van der Waals surface area contributed by atoms with Crippen LogP contribution in [0.2, 0.25) is 18.1 Å². The van der Waals surface area contributed by atoms with Crippen LogP contribution in [0.4, 0.5) is 0 Å². The number of rotatable bonds is 4. The molecule has 0 aromatic carbocycles. The molecule has 0 bridgehead atoms. The van der Waals surface area contributed by atoms with Crippen molar-refractivity contribution in [3.8, 4) is 0 Å². The molecule has 2 aliphatic rings. The van der Waals surface area contributed by atoms with Crippen LogP contribution in [0.3, 0.4) is 0 Å². The second kappa shape index (κ2) is 7.30. The highest BCUT2D eigenvalue weighted by atomic mass is 28.4. The number of aliphatic hydroxyl groups is 1.